The largest absolute Gasteiger partial charge is 0.465 e. The maximum absolute atomic E-state index is 12.1. The Morgan fingerprint density at radius 2 is 1.84 bits per heavy atom. The third kappa shape index (κ3) is 1.62. The van der Waals surface area contributed by atoms with Crippen molar-refractivity contribution in [1.82, 2.24) is 0 Å². The number of rotatable bonds is 0. The highest BCUT2D eigenvalue weighted by Gasteiger charge is 2.65. The predicted molar refractivity (Wildman–Crippen MR) is 69.2 cm³/mol. The zero-order valence-corrected chi connectivity index (χ0v) is 11.9. The Morgan fingerprint density at radius 3 is 2.53 bits per heavy atom. The van der Waals surface area contributed by atoms with Gasteiger partial charge in [-0.15, -0.1) is 0 Å². The van der Waals surface area contributed by atoms with Gasteiger partial charge in [0.1, 0.15) is 0 Å². The monoisotopic (exact) mass is 268 g/mol. The molecule has 2 aliphatic carbocycles. The van der Waals surface area contributed by atoms with E-state index in [0.717, 1.165) is 19.3 Å². The third-order valence-corrected chi connectivity index (χ3v) is 6.03. The van der Waals surface area contributed by atoms with Gasteiger partial charge in [0, 0.05) is 5.92 Å². The number of carbonyl (C=O) groups excluding carboxylic acids is 1. The average molecular weight is 268 g/mol. The van der Waals surface area contributed by atoms with Crippen molar-refractivity contribution in [1.29, 1.82) is 0 Å². The molecule has 3 fully saturated rings. The zero-order chi connectivity index (χ0) is 14.0. The molecular weight excluding hydrogens is 244 g/mol. The van der Waals surface area contributed by atoms with E-state index < -0.39 is 12.2 Å². The van der Waals surface area contributed by atoms with E-state index >= 15 is 0 Å². The molecule has 19 heavy (non-hydrogen) atoms. The summed E-state index contributed by atoms with van der Waals surface area (Å²) in [5.74, 6) is -0.718. The molecule has 4 nitrogen and oxygen atoms in total. The van der Waals surface area contributed by atoms with Gasteiger partial charge in [0.05, 0.1) is 24.7 Å². The van der Waals surface area contributed by atoms with Crippen LogP contribution in [0.5, 0.6) is 0 Å². The third-order valence-electron chi connectivity index (χ3n) is 6.03. The van der Waals surface area contributed by atoms with Crippen LogP contribution in [0.25, 0.3) is 0 Å². The molecule has 1 heterocycles. The van der Waals surface area contributed by atoms with Gasteiger partial charge in [-0.25, -0.2) is 0 Å². The van der Waals surface area contributed by atoms with E-state index in [0.29, 0.717) is 0 Å². The Morgan fingerprint density at radius 1 is 1.16 bits per heavy atom. The summed E-state index contributed by atoms with van der Waals surface area (Å²) in [5.41, 5.74) is -0.306. The van der Waals surface area contributed by atoms with Crippen LogP contribution in [-0.2, 0) is 9.53 Å². The number of ether oxygens (including phenoxy) is 1. The predicted octanol–water partition coefficient (Wildman–Crippen LogP) is 1.34. The first-order chi connectivity index (χ1) is 8.79. The maximum atomic E-state index is 12.1. The van der Waals surface area contributed by atoms with Crippen LogP contribution in [-0.4, -0.2) is 35.0 Å². The van der Waals surface area contributed by atoms with Crippen molar-refractivity contribution in [2.45, 2.75) is 52.2 Å². The first-order valence-corrected chi connectivity index (χ1v) is 7.32. The molecule has 3 aliphatic rings. The van der Waals surface area contributed by atoms with Gasteiger partial charge in [-0.1, -0.05) is 27.2 Å². The van der Waals surface area contributed by atoms with Crippen molar-refractivity contribution in [2.75, 3.05) is 6.61 Å². The summed E-state index contributed by atoms with van der Waals surface area (Å²) in [5, 5.41) is 21.0. The van der Waals surface area contributed by atoms with Crippen LogP contribution in [0.4, 0.5) is 0 Å². The molecule has 0 amide bonds. The molecule has 6 unspecified atom stereocenters. The average Bonchev–Trinajstić information content (AvgIpc) is 2.68. The molecule has 0 aromatic carbocycles. The van der Waals surface area contributed by atoms with E-state index in [1.807, 2.05) is 0 Å². The Balaban J connectivity index is 2.08. The Bertz CT molecular complexity index is 405. The van der Waals surface area contributed by atoms with E-state index in [-0.39, 0.29) is 41.2 Å². The minimum absolute atomic E-state index is 0.0457. The molecule has 4 heteroatoms. The minimum Gasteiger partial charge on any atom is -0.465 e. The van der Waals surface area contributed by atoms with Crippen molar-refractivity contribution in [2.24, 2.45) is 28.6 Å². The summed E-state index contributed by atoms with van der Waals surface area (Å²) < 4.78 is 5.19. The lowest BCUT2D eigenvalue weighted by molar-refractivity contribution is -0.200. The summed E-state index contributed by atoms with van der Waals surface area (Å²) in [6, 6.07) is 0. The molecule has 1 saturated heterocycles. The first-order valence-electron chi connectivity index (χ1n) is 7.32. The molecule has 0 bridgehead atoms. The van der Waals surface area contributed by atoms with Gasteiger partial charge in [-0.05, 0) is 29.6 Å². The molecule has 0 spiro atoms. The van der Waals surface area contributed by atoms with Gasteiger partial charge in [-0.2, -0.15) is 0 Å². The fraction of sp³-hybridized carbons (Fsp3) is 0.933. The maximum Gasteiger partial charge on any atom is 0.310 e. The van der Waals surface area contributed by atoms with Crippen LogP contribution in [0.2, 0.25) is 0 Å². The zero-order valence-electron chi connectivity index (χ0n) is 11.9. The number of fused-ring (bicyclic) bond motifs is 3. The lowest BCUT2D eigenvalue weighted by atomic mass is 9.45. The Hall–Kier alpha value is -0.610. The molecular formula is C15H24O4. The van der Waals surface area contributed by atoms with Gasteiger partial charge in [0.15, 0.2) is 0 Å². The molecule has 0 radical (unpaired) electrons. The van der Waals surface area contributed by atoms with Gasteiger partial charge < -0.3 is 14.9 Å². The van der Waals surface area contributed by atoms with Gasteiger partial charge >= 0.3 is 5.97 Å². The first kappa shape index (κ1) is 13.4. The fourth-order valence-corrected chi connectivity index (χ4v) is 5.37. The summed E-state index contributed by atoms with van der Waals surface area (Å²) >= 11 is 0. The highest BCUT2D eigenvalue weighted by molar-refractivity contribution is 5.76. The topological polar surface area (TPSA) is 66.8 Å². The number of cyclic esters (lactones) is 1. The molecule has 1 aliphatic heterocycles. The molecule has 2 N–H and O–H groups in total. The van der Waals surface area contributed by atoms with E-state index in [9.17, 15) is 15.0 Å². The molecule has 3 rings (SSSR count). The second kappa shape index (κ2) is 3.95. The highest BCUT2D eigenvalue weighted by atomic mass is 16.5. The molecule has 0 aromatic heterocycles. The lowest BCUT2D eigenvalue weighted by Crippen LogP contribution is -2.63. The van der Waals surface area contributed by atoms with Crippen molar-refractivity contribution in [3.8, 4) is 0 Å². The second-order valence-corrected chi connectivity index (χ2v) is 7.58. The number of hydrogen-bond acceptors (Lipinski definition) is 4. The minimum atomic E-state index is -0.841. The summed E-state index contributed by atoms with van der Waals surface area (Å²) in [4.78, 5) is 12.1. The van der Waals surface area contributed by atoms with Crippen LogP contribution in [0.3, 0.4) is 0 Å². The van der Waals surface area contributed by atoms with Gasteiger partial charge in [0.25, 0.3) is 0 Å². The van der Waals surface area contributed by atoms with Crippen LogP contribution >= 0.6 is 0 Å². The fourth-order valence-electron chi connectivity index (χ4n) is 5.37. The Labute approximate surface area is 114 Å². The van der Waals surface area contributed by atoms with Crippen molar-refractivity contribution < 1.29 is 19.7 Å². The number of aliphatic hydroxyl groups excluding tert-OH is 2. The van der Waals surface area contributed by atoms with Crippen LogP contribution in [0.15, 0.2) is 0 Å². The van der Waals surface area contributed by atoms with Crippen molar-refractivity contribution in [3.05, 3.63) is 0 Å². The summed E-state index contributed by atoms with van der Waals surface area (Å²) in [6.07, 6.45) is 1.44. The van der Waals surface area contributed by atoms with E-state index in [1.54, 1.807) is 0 Å². The highest BCUT2D eigenvalue weighted by Crippen LogP contribution is 2.62. The van der Waals surface area contributed by atoms with E-state index in [1.165, 1.54) is 0 Å². The number of aliphatic hydroxyl groups is 2. The molecule has 108 valence electrons. The summed E-state index contributed by atoms with van der Waals surface area (Å²) in [7, 11) is 0. The van der Waals surface area contributed by atoms with E-state index in [4.69, 9.17) is 4.74 Å². The van der Waals surface area contributed by atoms with Crippen LogP contribution < -0.4 is 0 Å². The standard InChI is InChI=1S/C15H24O4/c1-14(2)5-4-6-15(3)9-8(7-19-13(9)18)10(16)11(17)12(14)15/h8-12,16-17H,4-7H2,1-3H3. The number of carbonyl (C=O) groups is 1. The quantitative estimate of drug-likeness (QED) is 0.651. The Kier molecular flexibility index (Phi) is 2.78. The SMILES string of the molecule is CC1(C)CCCC2(C)C3C(=O)OCC3C(O)C(O)C12. The van der Waals surface area contributed by atoms with E-state index in [2.05, 4.69) is 20.8 Å². The summed E-state index contributed by atoms with van der Waals surface area (Å²) in [6.45, 7) is 6.65. The molecule has 6 atom stereocenters. The van der Waals surface area contributed by atoms with Crippen LogP contribution in [0, 0.1) is 28.6 Å². The number of hydrogen-bond donors (Lipinski definition) is 2. The van der Waals surface area contributed by atoms with Crippen LogP contribution in [0.1, 0.15) is 40.0 Å². The molecule has 2 saturated carbocycles. The van der Waals surface area contributed by atoms with Crippen molar-refractivity contribution >= 4 is 5.97 Å². The smallest absolute Gasteiger partial charge is 0.310 e. The van der Waals surface area contributed by atoms with Gasteiger partial charge in [0.2, 0.25) is 0 Å². The second-order valence-electron chi connectivity index (χ2n) is 7.58. The normalized spacial score (nSPS) is 52.3. The van der Waals surface area contributed by atoms with Gasteiger partial charge in [-0.3, -0.25) is 4.79 Å². The number of esters is 1. The van der Waals surface area contributed by atoms with Crippen molar-refractivity contribution in [3.63, 3.8) is 0 Å². The molecule has 0 aromatic rings. The lowest BCUT2D eigenvalue weighted by Gasteiger charge is -2.59.